The molecule has 1 aromatic rings. The molecule has 0 spiro atoms. The fraction of sp³-hybridized carbons (Fsp3) is 0.364. The van der Waals surface area contributed by atoms with Crippen molar-refractivity contribution in [3.63, 3.8) is 0 Å². The molecule has 1 rings (SSSR count). The van der Waals surface area contributed by atoms with E-state index in [2.05, 4.69) is 37.2 Å². The maximum Gasteiger partial charge on any atom is 0.401 e. The predicted molar refractivity (Wildman–Crippen MR) is 75.9 cm³/mol. The lowest BCUT2D eigenvalue weighted by Crippen LogP contribution is -2.35. The molecule has 0 atom stereocenters. The number of carbonyl (C=O) groups excluding carboxylic acids is 1. The topological polar surface area (TPSA) is 50.4 Å². The Morgan fingerprint density at radius 2 is 1.95 bits per heavy atom. The zero-order valence-electron chi connectivity index (χ0n) is 10.3. The minimum atomic E-state index is -4.35. The van der Waals surface area contributed by atoms with Gasteiger partial charge in [0, 0.05) is 10.5 Å². The summed E-state index contributed by atoms with van der Waals surface area (Å²) >= 11 is 6.50. The van der Waals surface area contributed by atoms with Gasteiger partial charge in [-0.05, 0) is 37.9 Å². The number of benzene rings is 1. The molecule has 4 nitrogen and oxygen atoms in total. The zero-order valence-corrected chi connectivity index (χ0v) is 13.4. The Kier molecular flexibility index (Phi) is 6.28. The fourth-order valence-corrected chi connectivity index (χ4v) is 2.55. The summed E-state index contributed by atoms with van der Waals surface area (Å²) in [6.45, 7) is -1.66. The number of carbonyl (C=O) groups is 1. The molecule has 0 bridgehead atoms. The summed E-state index contributed by atoms with van der Waals surface area (Å²) in [4.78, 5) is 11.5. The van der Waals surface area contributed by atoms with Crippen LogP contribution in [0.5, 0.6) is 5.75 Å². The third-order valence-electron chi connectivity index (χ3n) is 2.13. The first-order chi connectivity index (χ1) is 9.23. The van der Waals surface area contributed by atoms with Crippen molar-refractivity contribution in [2.24, 2.45) is 0 Å². The number of alkyl halides is 3. The second-order valence-corrected chi connectivity index (χ2v) is 5.44. The van der Waals surface area contributed by atoms with E-state index >= 15 is 0 Å². The summed E-state index contributed by atoms with van der Waals surface area (Å²) in [5.41, 5.74) is 0.406. The molecular formula is C11H11Br2F3N2O2. The highest BCUT2D eigenvalue weighted by Gasteiger charge is 2.26. The first-order valence-electron chi connectivity index (χ1n) is 5.33. The average Bonchev–Trinajstić information content (AvgIpc) is 2.31. The fourth-order valence-electron chi connectivity index (χ4n) is 1.29. The van der Waals surface area contributed by atoms with E-state index < -0.39 is 25.2 Å². The molecule has 0 radical (unpaired) electrons. The van der Waals surface area contributed by atoms with Gasteiger partial charge in [-0.3, -0.25) is 4.79 Å². The number of amides is 1. The summed E-state index contributed by atoms with van der Waals surface area (Å²) in [7, 11) is 1.46. The molecule has 0 aliphatic carbocycles. The van der Waals surface area contributed by atoms with Crippen LogP contribution in [0.1, 0.15) is 0 Å². The van der Waals surface area contributed by atoms with Crippen LogP contribution in [0.25, 0.3) is 0 Å². The number of nitrogens with one attached hydrogen (secondary N) is 2. The Balaban J connectivity index is 2.62. The number of methoxy groups -OCH3 is 1. The molecule has 1 aromatic carbocycles. The lowest BCUT2D eigenvalue weighted by atomic mass is 10.3. The van der Waals surface area contributed by atoms with Crippen molar-refractivity contribution in [3.05, 3.63) is 21.1 Å². The van der Waals surface area contributed by atoms with Gasteiger partial charge in [0.25, 0.3) is 0 Å². The van der Waals surface area contributed by atoms with E-state index in [-0.39, 0.29) is 0 Å². The van der Waals surface area contributed by atoms with E-state index in [0.29, 0.717) is 20.4 Å². The van der Waals surface area contributed by atoms with Crippen molar-refractivity contribution < 1.29 is 22.7 Å². The van der Waals surface area contributed by atoms with Gasteiger partial charge < -0.3 is 15.4 Å². The van der Waals surface area contributed by atoms with E-state index in [0.717, 1.165) is 0 Å². The van der Waals surface area contributed by atoms with Gasteiger partial charge in [-0.15, -0.1) is 0 Å². The average molecular weight is 420 g/mol. The lowest BCUT2D eigenvalue weighted by molar-refractivity contribution is -0.126. The van der Waals surface area contributed by atoms with Gasteiger partial charge in [-0.25, -0.2) is 0 Å². The molecule has 0 heterocycles. The van der Waals surface area contributed by atoms with Crippen LogP contribution in [-0.2, 0) is 4.79 Å². The van der Waals surface area contributed by atoms with E-state index in [1.54, 1.807) is 12.1 Å². The first kappa shape index (κ1) is 17.3. The van der Waals surface area contributed by atoms with Crippen LogP contribution in [0.2, 0.25) is 0 Å². The number of hydrogen-bond acceptors (Lipinski definition) is 3. The molecule has 1 amide bonds. The maximum atomic E-state index is 11.9. The van der Waals surface area contributed by atoms with E-state index in [1.165, 1.54) is 7.11 Å². The number of halogens is 5. The van der Waals surface area contributed by atoms with E-state index in [1.807, 2.05) is 5.32 Å². The summed E-state index contributed by atoms with van der Waals surface area (Å²) in [5, 5.41) is 4.49. The second kappa shape index (κ2) is 7.28. The summed E-state index contributed by atoms with van der Waals surface area (Å²) < 4.78 is 42.1. The maximum absolute atomic E-state index is 11.9. The monoisotopic (exact) mass is 418 g/mol. The van der Waals surface area contributed by atoms with Gasteiger partial charge in [0.1, 0.15) is 5.75 Å². The largest absolute Gasteiger partial charge is 0.495 e. The Bertz CT molecular complexity index is 495. The molecule has 0 saturated heterocycles. The van der Waals surface area contributed by atoms with E-state index in [4.69, 9.17) is 4.74 Å². The van der Waals surface area contributed by atoms with Crippen LogP contribution in [0, 0.1) is 0 Å². The first-order valence-corrected chi connectivity index (χ1v) is 6.92. The van der Waals surface area contributed by atoms with Crippen LogP contribution in [0.4, 0.5) is 18.9 Å². The highest BCUT2D eigenvalue weighted by molar-refractivity contribution is 9.11. The van der Waals surface area contributed by atoms with Gasteiger partial charge in [0.15, 0.2) is 0 Å². The van der Waals surface area contributed by atoms with E-state index in [9.17, 15) is 18.0 Å². The summed E-state index contributed by atoms with van der Waals surface area (Å²) in [6, 6.07) is 3.22. The third-order valence-corrected chi connectivity index (χ3v) is 3.40. The summed E-state index contributed by atoms with van der Waals surface area (Å²) in [6.07, 6.45) is -4.35. The SMILES string of the molecule is COc1cc(NC(=O)CNCC(F)(F)F)c(Br)cc1Br. The molecule has 0 fully saturated rings. The van der Waals surface area contributed by atoms with Crippen molar-refractivity contribution >= 4 is 43.5 Å². The molecule has 0 aromatic heterocycles. The number of rotatable bonds is 5. The Labute approximate surface area is 130 Å². The predicted octanol–water partition coefficient (Wildman–Crippen LogP) is 3.31. The third kappa shape index (κ3) is 5.68. The molecule has 2 N–H and O–H groups in total. The van der Waals surface area contributed by atoms with Crippen molar-refractivity contribution in [1.29, 1.82) is 0 Å². The standard InChI is InChI=1S/C11H11Br2F3N2O2/c1-20-9-3-8(6(12)2-7(9)13)18-10(19)4-17-5-11(14,15)16/h2-3,17H,4-5H2,1H3,(H,18,19). The van der Waals surface area contributed by atoms with Gasteiger partial charge in [0.2, 0.25) is 5.91 Å². The van der Waals surface area contributed by atoms with Crippen LogP contribution < -0.4 is 15.4 Å². The highest BCUT2D eigenvalue weighted by atomic mass is 79.9. The Morgan fingerprint density at radius 1 is 1.30 bits per heavy atom. The van der Waals surface area contributed by atoms with Crippen LogP contribution in [0.15, 0.2) is 21.1 Å². The van der Waals surface area contributed by atoms with Gasteiger partial charge in [-0.2, -0.15) is 13.2 Å². The van der Waals surface area contributed by atoms with Crippen LogP contribution in [0.3, 0.4) is 0 Å². The molecule has 0 saturated carbocycles. The minimum absolute atomic E-state index is 0.406. The lowest BCUT2D eigenvalue weighted by Gasteiger charge is -2.12. The molecule has 9 heteroatoms. The normalized spacial score (nSPS) is 11.3. The highest BCUT2D eigenvalue weighted by Crippen LogP contribution is 2.34. The Hall–Kier alpha value is -0.800. The quantitative estimate of drug-likeness (QED) is 0.769. The van der Waals surface area contributed by atoms with Crippen molar-refractivity contribution in [3.8, 4) is 5.75 Å². The smallest absolute Gasteiger partial charge is 0.401 e. The van der Waals surface area contributed by atoms with Crippen molar-refractivity contribution in [1.82, 2.24) is 5.32 Å². The number of hydrogen-bond donors (Lipinski definition) is 2. The van der Waals surface area contributed by atoms with Crippen molar-refractivity contribution in [2.75, 3.05) is 25.5 Å². The zero-order chi connectivity index (χ0) is 15.3. The molecule has 20 heavy (non-hydrogen) atoms. The molecular weight excluding hydrogens is 409 g/mol. The van der Waals surface area contributed by atoms with Crippen LogP contribution in [-0.4, -0.2) is 32.3 Å². The molecule has 0 unspecified atom stereocenters. The minimum Gasteiger partial charge on any atom is -0.495 e. The molecule has 0 aliphatic heterocycles. The van der Waals surface area contributed by atoms with Gasteiger partial charge in [0.05, 0.1) is 30.4 Å². The van der Waals surface area contributed by atoms with Crippen molar-refractivity contribution in [2.45, 2.75) is 6.18 Å². The van der Waals surface area contributed by atoms with Crippen LogP contribution >= 0.6 is 31.9 Å². The molecule has 0 aliphatic rings. The van der Waals surface area contributed by atoms with Gasteiger partial charge >= 0.3 is 6.18 Å². The number of anilines is 1. The number of ether oxygens (including phenoxy) is 1. The molecule has 112 valence electrons. The second-order valence-electron chi connectivity index (χ2n) is 3.73. The Morgan fingerprint density at radius 3 is 2.50 bits per heavy atom. The summed E-state index contributed by atoms with van der Waals surface area (Å²) in [5.74, 6) is -0.0916. The van der Waals surface area contributed by atoms with Gasteiger partial charge in [-0.1, -0.05) is 0 Å².